The van der Waals surface area contributed by atoms with Crippen LogP contribution in [0.4, 0.5) is 11.6 Å². The van der Waals surface area contributed by atoms with E-state index in [1.54, 1.807) is 44.0 Å². The van der Waals surface area contributed by atoms with E-state index in [2.05, 4.69) is 25.6 Å². The van der Waals surface area contributed by atoms with Gasteiger partial charge in [0.1, 0.15) is 5.75 Å². The van der Waals surface area contributed by atoms with E-state index < -0.39 is 0 Å². The summed E-state index contributed by atoms with van der Waals surface area (Å²) < 4.78 is 5.18. The van der Waals surface area contributed by atoms with Crippen LogP contribution in [0.2, 0.25) is 0 Å². The summed E-state index contributed by atoms with van der Waals surface area (Å²) in [7, 11) is 1.64. The number of amides is 1. The van der Waals surface area contributed by atoms with Crippen LogP contribution in [-0.4, -0.2) is 34.5 Å². The highest BCUT2D eigenvalue weighted by Crippen LogP contribution is 2.22. The Morgan fingerprint density at radius 2 is 1.66 bits per heavy atom. The molecule has 2 heterocycles. The van der Waals surface area contributed by atoms with Gasteiger partial charge in [0, 0.05) is 48.1 Å². The standard InChI is InChI=1S/C25H23N5O2/c1-32-23-10-6-19(7-11-23)21-16-28-25(29-17-21)30-22-8-4-20(5-9-22)24(31)27-14-12-18-3-2-13-26-15-18/h2-11,13,15-17H,12,14H2,1H3,(H,27,31)(H,28,29,30). The van der Waals surface area contributed by atoms with Crippen molar-refractivity contribution in [3.05, 3.63) is 96.6 Å². The Kier molecular flexibility index (Phi) is 6.67. The number of carbonyl (C=O) groups excluding carboxylic acids is 1. The molecule has 7 nitrogen and oxygen atoms in total. The number of aromatic nitrogens is 3. The number of nitrogens with zero attached hydrogens (tertiary/aromatic N) is 3. The fourth-order valence-corrected chi connectivity index (χ4v) is 3.13. The Bertz CT molecular complexity index is 1150. The van der Waals surface area contributed by atoms with E-state index in [1.807, 2.05) is 48.5 Å². The molecular weight excluding hydrogens is 402 g/mol. The van der Waals surface area contributed by atoms with Gasteiger partial charge in [0.05, 0.1) is 7.11 Å². The molecule has 160 valence electrons. The lowest BCUT2D eigenvalue weighted by Gasteiger charge is -2.08. The zero-order valence-corrected chi connectivity index (χ0v) is 17.7. The molecule has 0 radical (unpaired) electrons. The predicted molar refractivity (Wildman–Crippen MR) is 124 cm³/mol. The lowest BCUT2D eigenvalue weighted by Crippen LogP contribution is -2.25. The molecule has 0 bridgehead atoms. The highest BCUT2D eigenvalue weighted by molar-refractivity contribution is 5.94. The molecule has 0 aliphatic heterocycles. The van der Waals surface area contributed by atoms with Gasteiger partial charge in [-0.1, -0.05) is 18.2 Å². The van der Waals surface area contributed by atoms with Crippen LogP contribution in [-0.2, 0) is 6.42 Å². The Morgan fingerprint density at radius 3 is 2.31 bits per heavy atom. The number of anilines is 2. The van der Waals surface area contributed by atoms with Crippen molar-refractivity contribution in [1.82, 2.24) is 20.3 Å². The van der Waals surface area contributed by atoms with Crippen molar-refractivity contribution in [1.29, 1.82) is 0 Å². The number of benzene rings is 2. The molecular formula is C25H23N5O2. The molecule has 0 fully saturated rings. The Labute approximate surface area is 186 Å². The van der Waals surface area contributed by atoms with E-state index >= 15 is 0 Å². The van der Waals surface area contributed by atoms with E-state index in [0.717, 1.165) is 34.5 Å². The molecule has 0 spiro atoms. The molecule has 0 aliphatic carbocycles. The third kappa shape index (κ3) is 5.46. The van der Waals surface area contributed by atoms with E-state index in [-0.39, 0.29) is 5.91 Å². The van der Waals surface area contributed by atoms with Crippen molar-refractivity contribution in [2.75, 3.05) is 19.0 Å². The first kappa shape index (κ1) is 21.0. The van der Waals surface area contributed by atoms with Crippen LogP contribution in [0.15, 0.2) is 85.5 Å². The number of nitrogens with one attached hydrogen (secondary N) is 2. The average Bonchev–Trinajstić information content (AvgIpc) is 2.86. The number of hydrogen-bond acceptors (Lipinski definition) is 6. The van der Waals surface area contributed by atoms with Gasteiger partial charge in [-0.05, 0) is 60.0 Å². The number of methoxy groups -OCH3 is 1. The summed E-state index contributed by atoms with van der Waals surface area (Å²) in [4.78, 5) is 25.2. The molecule has 2 N–H and O–H groups in total. The summed E-state index contributed by atoms with van der Waals surface area (Å²) in [6.07, 6.45) is 7.81. The second-order valence-electron chi connectivity index (χ2n) is 7.09. The van der Waals surface area contributed by atoms with Gasteiger partial charge in [-0.2, -0.15) is 0 Å². The van der Waals surface area contributed by atoms with Crippen LogP contribution in [0.1, 0.15) is 15.9 Å². The lowest BCUT2D eigenvalue weighted by molar-refractivity contribution is 0.0954. The second-order valence-corrected chi connectivity index (χ2v) is 7.09. The smallest absolute Gasteiger partial charge is 0.251 e. The zero-order chi connectivity index (χ0) is 22.2. The summed E-state index contributed by atoms with van der Waals surface area (Å²) in [5, 5.41) is 6.08. The maximum Gasteiger partial charge on any atom is 0.251 e. The Balaban J connectivity index is 1.31. The Morgan fingerprint density at radius 1 is 0.906 bits per heavy atom. The predicted octanol–water partition coefficient (Wildman–Crippen LogP) is 4.26. The third-order valence-electron chi connectivity index (χ3n) is 4.90. The van der Waals surface area contributed by atoms with Crippen LogP contribution in [0.5, 0.6) is 5.75 Å². The van der Waals surface area contributed by atoms with Crippen molar-refractivity contribution in [3.63, 3.8) is 0 Å². The van der Waals surface area contributed by atoms with E-state index in [9.17, 15) is 4.79 Å². The molecule has 0 saturated carbocycles. The summed E-state index contributed by atoms with van der Waals surface area (Å²) >= 11 is 0. The van der Waals surface area contributed by atoms with Crippen molar-refractivity contribution in [2.45, 2.75) is 6.42 Å². The van der Waals surface area contributed by atoms with E-state index in [1.165, 1.54) is 0 Å². The number of hydrogen-bond donors (Lipinski definition) is 2. The quantitative estimate of drug-likeness (QED) is 0.438. The maximum atomic E-state index is 12.3. The summed E-state index contributed by atoms with van der Waals surface area (Å²) in [6, 6.07) is 18.8. The van der Waals surface area contributed by atoms with E-state index in [4.69, 9.17) is 4.74 Å². The molecule has 0 unspecified atom stereocenters. The van der Waals surface area contributed by atoms with Gasteiger partial charge in [-0.15, -0.1) is 0 Å². The highest BCUT2D eigenvalue weighted by atomic mass is 16.5. The SMILES string of the molecule is COc1ccc(-c2cnc(Nc3ccc(C(=O)NCCc4cccnc4)cc3)nc2)cc1. The first-order chi connectivity index (χ1) is 15.7. The first-order valence-corrected chi connectivity index (χ1v) is 10.2. The van der Waals surface area contributed by atoms with Crippen molar-refractivity contribution in [3.8, 4) is 16.9 Å². The minimum atomic E-state index is -0.111. The van der Waals surface area contributed by atoms with Gasteiger partial charge < -0.3 is 15.4 Å². The minimum absolute atomic E-state index is 0.111. The molecule has 0 aliphatic rings. The van der Waals surface area contributed by atoms with Crippen molar-refractivity contribution < 1.29 is 9.53 Å². The molecule has 7 heteroatoms. The summed E-state index contributed by atoms with van der Waals surface area (Å²) in [6.45, 7) is 0.554. The highest BCUT2D eigenvalue weighted by Gasteiger charge is 2.06. The zero-order valence-electron chi connectivity index (χ0n) is 17.7. The minimum Gasteiger partial charge on any atom is -0.497 e. The maximum absolute atomic E-state index is 12.3. The van der Waals surface area contributed by atoms with Crippen molar-refractivity contribution >= 4 is 17.5 Å². The van der Waals surface area contributed by atoms with Gasteiger partial charge in [0.2, 0.25) is 5.95 Å². The van der Waals surface area contributed by atoms with E-state index in [0.29, 0.717) is 18.1 Å². The second kappa shape index (κ2) is 10.2. The topological polar surface area (TPSA) is 89.0 Å². The van der Waals surface area contributed by atoms with Crippen LogP contribution in [0, 0.1) is 0 Å². The molecule has 1 amide bonds. The molecule has 4 rings (SSSR count). The molecule has 32 heavy (non-hydrogen) atoms. The molecule has 0 saturated heterocycles. The summed E-state index contributed by atoms with van der Waals surface area (Å²) in [5.41, 5.74) is 4.41. The van der Waals surface area contributed by atoms with Gasteiger partial charge in [0.15, 0.2) is 0 Å². The van der Waals surface area contributed by atoms with Crippen LogP contribution >= 0.6 is 0 Å². The Hall–Kier alpha value is -4.26. The van der Waals surface area contributed by atoms with Crippen LogP contribution in [0.25, 0.3) is 11.1 Å². The van der Waals surface area contributed by atoms with Crippen LogP contribution < -0.4 is 15.4 Å². The number of carbonyl (C=O) groups is 1. The normalized spacial score (nSPS) is 10.4. The largest absolute Gasteiger partial charge is 0.497 e. The lowest BCUT2D eigenvalue weighted by atomic mass is 10.1. The first-order valence-electron chi connectivity index (χ1n) is 10.2. The monoisotopic (exact) mass is 425 g/mol. The van der Waals surface area contributed by atoms with Gasteiger partial charge in [-0.3, -0.25) is 9.78 Å². The fourth-order valence-electron chi connectivity index (χ4n) is 3.13. The third-order valence-corrected chi connectivity index (χ3v) is 4.90. The molecule has 4 aromatic rings. The molecule has 2 aromatic carbocycles. The number of rotatable bonds is 8. The number of ether oxygens (including phenoxy) is 1. The van der Waals surface area contributed by atoms with Gasteiger partial charge in [-0.25, -0.2) is 9.97 Å². The van der Waals surface area contributed by atoms with Gasteiger partial charge in [0.25, 0.3) is 5.91 Å². The van der Waals surface area contributed by atoms with Gasteiger partial charge >= 0.3 is 0 Å². The van der Waals surface area contributed by atoms with Crippen molar-refractivity contribution in [2.24, 2.45) is 0 Å². The van der Waals surface area contributed by atoms with Crippen LogP contribution in [0.3, 0.4) is 0 Å². The number of pyridine rings is 1. The summed E-state index contributed by atoms with van der Waals surface area (Å²) in [5.74, 6) is 1.18. The average molecular weight is 425 g/mol. The molecule has 0 atom stereocenters. The molecule has 2 aromatic heterocycles. The fraction of sp³-hybridized carbons (Fsp3) is 0.120.